The molecule has 0 radical (unpaired) electrons. The van der Waals surface area contributed by atoms with Gasteiger partial charge in [0.25, 0.3) is 0 Å². The Morgan fingerprint density at radius 1 is 1.29 bits per heavy atom. The van der Waals surface area contributed by atoms with Crippen LogP contribution in [0.15, 0.2) is 10.5 Å². The van der Waals surface area contributed by atoms with Crippen LogP contribution in [-0.4, -0.2) is 24.0 Å². The van der Waals surface area contributed by atoms with Gasteiger partial charge in [-0.2, -0.15) is 0 Å². The molecular weight excluding hydrogens is 260 g/mol. The van der Waals surface area contributed by atoms with Gasteiger partial charge in [-0.1, -0.05) is 12.8 Å². The zero-order chi connectivity index (χ0) is 15.5. The molecule has 1 aliphatic carbocycles. The Morgan fingerprint density at radius 2 is 1.95 bits per heavy atom. The summed E-state index contributed by atoms with van der Waals surface area (Å²) in [6, 6.07) is 2.22. The van der Waals surface area contributed by atoms with Crippen molar-refractivity contribution in [3.63, 3.8) is 0 Å². The average Bonchev–Trinajstić information content (AvgIpc) is 2.97. The third-order valence-electron chi connectivity index (χ3n) is 4.35. The lowest BCUT2D eigenvalue weighted by molar-refractivity contribution is 0.269. The maximum atomic E-state index is 5.89. The number of hydrogen-bond acceptors (Lipinski definition) is 3. The quantitative estimate of drug-likeness (QED) is 0.855. The first-order valence-corrected chi connectivity index (χ1v) is 8.35. The van der Waals surface area contributed by atoms with Crippen LogP contribution >= 0.6 is 0 Å². The van der Waals surface area contributed by atoms with E-state index in [2.05, 4.69) is 51.0 Å². The summed E-state index contributed by atoms with van der Waals surface area (Å²) in [6.07, 6.45) is 5.67. The lowest BCUT2D eigenvalue weighted by Crippen LogP contribution is -2.34. The van der Waals surface area contributed by atoms with Gasteiger partial charge in [0, 0.05) is 24.2 Å². The third-order valence-corrected chi connectivity index (χ3v) is 4.35. The van der Waals surface area contributed by atoms with E-state index in [4.69, 9.17) is 4.42 Å². The van der Waals surface area contributed by atoms with Gasteiger partial charge >= 0.3 is 0 Å². The highest BCUT2D eigenvalue weighted by atomic mass is 16.3. The van der Waals surface area contributed by atoms with Crippen LogP contribution < -0.4 is 5.32 Å². The maximum absolute atomic E-state index is 5.89. The minimum atomic E-state index is 0.125. The maximum Gasteiger partial charge on any atom is 0.118 e. The molecule has 0 amide bonds. The summed E-state index contributed by atoms with van der Waals surface area (Å²) in [5, 5.41) is 3.48. The zero-order valence-corrected chi connectivity index (χ0v) is 14.5. The van der Waals surface area contributed by atoms with Gasteiger partial charge in [-0.25, -0.2) is 0 Å². The lowest BCUT2D eigenvalue weighted by atomic mass is 10.1. The number of aryl methyl sites for hydroxylation is 1. The fourth-order valence-corrected chi connectivity index (χ4v) is 3.17. The fraction of sp³-hybridized carbons (Fsp3) is 0.778. The minimum Gasteiger partial charge on any atom is -0.465 e. The van der Waals surface area contributed by atoms with E-state index in [9.17, 15) is 0 Å². The summed E-state index contributed by atoms with van der Waals surface area (Å²) in [7, 11) is 2.23. The average molecular weight is 292 g/mol. The molecule has 0 aromatic carbocycles. The largest absolute Gasteiger partial charge is 0.465 e. The highest BCUT2D eigenvalue weighted by molar-refractivity contribution is 5.20. The Hall–Kier alpha value is -0.800. The van der Waals surface area contributed by atoms with Gasteiger partial charge in [0.15, 0.2) is 0 Å². The minimum absolute atomic E-state index is 0.125. The van der Waals surface area contributed by atoms with Gasteiger partial charge in [-0.15, -0.1) is 0 Å². The lowest BCUT2D eigenvalue weighted by Gasteiger charge is -2.20. The van der Waals surface area contributed by atoms with E-state index in [-0.39, 0.29) is 5.54 Å². The number of rotatable bonds is 6. The van der Waals surface area contributed by atoms with Crippen molar-refractivity contribution in [2.75, 3.05) is 13.6 Å². The predicted molar refractivity (Wildman–Crippen MR) is 88.3 cm³/mol. The summed E-state index contributed by atoms with van der Waals surface area (Å²) in [6.45, 7) is 11.6. The SMILES string of the molecule is Cc1oc(CNC(C)(C)C)cc1CN(C)CC1CCCC1. The van der Waals surface area contributed by atoms with Gasteiger partial charge in [0.05, 0.1) is 6.54 Å². The molecule has 0 aliphatic heterocycles. The topological polar surface area (TPSA) is 28.4 Å². The molecular formula is C18H32N2O. The fourth-order valence-electron chi connectivity index (χ4n) is 3.17. The van der Waals surface area contributed by atoms with E-state index < -0.39 is 0 Å². The van der Waals surface area contributed by atoms with Crippen LogP contribution in [0.25, 0.3) is 0 Å². The Kier molecular flexibility index (Phi) is 5.50. The van der Waals surface area contributed by atoms with Crippen molar-refractivity contribution in [3.8, 4) is 0 Å². The first kappa shape index (κ1) is 16.6. The second kappa shape index (κ2) is 6.97. The van der Waals surface area contributed by atoms with E-state index in [1.165, 1.54) is 37.8 Å². The Labute approximate surface area is 130 Å². The highest BCUT2D eigenvalue weighted by Gasteiger charge is 2.18. The summed E-state index contributed by atoms with van der Waals surface area (Å²) in [5.74, 6) is 3.02. The Balaban J connectivity index is 1.86. The van der Waals surface area contributed by atoms with Crippen LogP contribution in [0.4, 0.5) is 0 Å². The van der Waals surface area contributed by atoms with Crippen molar-refractivity contribution in [2.45, 2.75) is 72.0 Å². The molecule has 0 unspecified atom stereocenters. The molecule has 3 nitrogen and oxygen atoms in total. The van der Waals surface area contributed by atoms with Crippen molar-refractivity contribution < 1.29 is 4.42 Å². The van der Waals surface area contributed by atoms with Crippen LogP contribution in [0.5, 0.6) is 0 Å². The molecule has 0 spiro atoms. The van der Waals surface area contributed by atoms with Crippen LogP contribution in [0.2, 0.25) is 0 Å². The molecule has 1 heterocycles. The van der Waals surface area contributed by atoms with Crippen LogP contribution in [0, 0.1) is 12.8 Å². The van der Waals surface area contributed by atoms with Crippen LogP contribution in [-0.2, 0) is 13.1 Å². The van der Waals surface area contributed by atoms with E-state index in [0.29, 0.717) is 0 Å². The van der Waals surface area contributed by atoms with E-state index in [1.54, 1.807) is 0 Å². The molecule has 2 rings (SSSR count). The van der Waals surface area contributed by atoms with E-state index >= 15 is 0 Å². The summed E-state index contributed by atoms with van der Waals surface area (Å²) in [4.78, 5) is 2.45. The molecule has 0 atom stereocenters. The predicted octanol–water partition coefficient (Wildman–Crippen LogP) is 4.10. The molecule has 1 saturated carbocycles. The Bertz CT molecular complexity index is 439. The van der Waals surface area contributed by atoms with Gasteiger partial charge in [-0.3, -0.25) is 0 Å². The van der Waals surface area contributed by atoms with Gasteiger partial charge < -0.3 is 14.6 Å². The highest BCUT2D eigenvalue weighted by Crippen LogP contribution is 2.26. The van der Waals surface area contributed by atoms with Gasteiger partial charge in [0.1, 0.15) is 11.5 Å². The molecule has 1 fully saturated rings. The molecule has 21 heavy (non-hydrogen) atoms. The number of furan rings is 1. The monoisotopic (exact) mass is 292 g/mol. The second-order valence-electron chi connectivity index (χ2n) is 7.74. The molecule has 1 N–H and O–H groups in total. The molecule has 0 bridgehead atoms. The smallest absolute Gasteiger partial charge is 0.118 e. The van der Waals surface area contributed by atoms with E-state index in [1.807, 2.05) is 0 Å². The van der Waals surface area contributed by atoms with Crippen LogP contribution in [0.1, 0.15) is 63.5 Å². The van der Waals surface area contributed by atoms with Crippen molar-refractivity contribution in [3.05, 3.63) is 23.2 Å². The van der Waals surface area contributed by atoms with Gasteiger partial charge in [0.2, 0.25) is 0 Å². The number of nitrogens with zero attached hydrogens (tertiary/aromatic N) is 1. The Morgan fingerprint density at radius 3 is 2.57 bits per heavy atom. The first-order valence-electron chi connectivity index (χ1n) is 8.35. The van der Waals surface area contributed by atoms with Crippen molar-refractivity contribution >= 4 is 0 Å². The summed E-state index contributed by atoms with van der Waals surface area (Å²) >= 11 is 0. The third kappa shape index (κ3) is 5.48. The zero-order valence-electron chi connectivity index (χ0n) is 14.5. The molecule has 1 aliphatic rings. The molecule has 120 valence electrons. The van der Waals surface area contributed by atoms with E-state index in [0.717, 1.165) is 30.5 Å². The van der Waals surface area contributed by atoms with Crippen LogP contribution in [0.3, 0.4) is 0 Å². The number of hydrogen-bond donors (Lipinski definition) is 1. The van der Waals surface area contributed by atoms with Crippen molar-refractivity contribution in [1.82, 2.24) is 10.2 Å². The molecule has 1 aromatic rings. The molecule has 1 aromatic heterocycles. The summed E-state index contributed by atoms with van der Waals surface area (Å²) in [5.41, 5.74) is 1.46. The van der Waals surface area contributed by atoms with Crippen molar-refractivity contribution in [1.29, 1.82) is 0 Å². The standard InChI is InChI=1S/C18H32N2O/c1-14-16(10-17(21-14)11-19-18(2,3)4)13-20(5)12-15-8-6-7-9-15/h10,15,19H,6-9,11-13H2,1-5H3. The molecule has 3 heteroatoms. The second-order valence-corrected chi connectivity index (χ2v) is 7.74. The summed E-state index contributed by atoms with van der Waals surface area (Å²) < 4.78 is 5.89. The molecule has 0 saturated heterocycles. The van der Waals surface area contributed by atoms with Crippen molar-refractivity contribution in [2.24, 2.45) is 5.92 Å². The number of nitrogens with one attached hydrogen (secondary N) is 1. The normalized spacial score (nSPS) is 17.0. The first-order chi connectivity index (χ1) is 9.83. The van der Waals surface area contributed by atoms with Gasteiger partial charge in [-0.05, 0) is 59.6 Å².